The molecular weight excluding hydrogens is 222 g/mol. The SMILES string of the molecule is Cc1ccc(CC(=O)N[C@H]2C[C@@H]3CC[C@@H]2C3)cc1. The number of hydrogen-bond acceptors (Lipinski definition) is 1. The van der Waals surface area contributed by atoms with Gasteiger partial charge in [-0.2, -0.15) is 0 Å². The highest BCUT2D eigenvalue weighted by molar-refractivity contribution is 5.79. The smallest absolute Gasteiger partial charge is 0.224 e. The summed E-state index contributed by atoms with van der Waals surface area (Å²) in [6.07, 6.45) is 5.78. The summed E-state index contributed by atoms with van der Waals surface area (Å²) >= 11 is 0. The normalized spacial score (nSPS) is 29.5. The lowest BCUT2D eigenvalue weighted by atomic mass is 9.95. The Bertz CT molecular complexity index is 437. The lowest BCUT2D eigenvalue weighted by Gasteiger charge is -2.22. The Kier molecular flexibility index (Phi) is 3.11. The van der Waals surface area contributed by atoms with E-state index < -0.39 is 0 Å². The predicted molar refractivity (Wildman–Crippen MR) is 72.3 cm³/mol. The Morgan fingerprint density at radius 3 is 2.61 bits per heavy atom. The van der Waals surface area contributed by atoms with Crippen LogP contribution in [0.4, 0.5) is 0 Å². The maximum atomic E-state index is 12.0. The van der Waals surface area contributed by atoms with E-state index in [1.807, 2.05) is 0 Å². The van der Waals surface area contributed by atoms with Crippen molar-refractivity contribution in [2.24, 2.45) is 11.8 Å². The number of amides is 1. The van der Waals surface area contributed by atoms with Gasteiger partial charge in [-0.15, -0.1) is 0 Å². The first kappa shape index (κ1) is 11.8. The van der Waals surface area contributed by atoms with E-state index >= 15 is 0 Å². The van der Waals surface area contributed by atoms with E-state index in [4.69, 9.17) is 0 Å². The van der Waals surface area contributed by atoms with Gasteiger partial charge in [-0.3, -0.25) is 4.79 Å². The molecule has 2 saturated carbocycles. The molecule has 0 heterocycles. The Balaban J connectivity index is 1.54. The van der Waals surface area contributed by atoms with Crippen LogP contribution >= 0.6 is 0 Å². The summed E-state index contributed by atoms with van der Waals surface area (Å²) < 4.78 is 0. The summed E-state index contributed by atoms with van der Waals surface area (Å²) in [6, 6.07) is 8.70. The van der Waals surface area contributed by atoms with Crippen LogP contribution in [0.5, 0.6) is 0 Å². The second-order valence-electron chi connectivity index (χ2n) is 6.01. The van der Waals surface area contributed by atoms with Gasteiger partial charge in [0.15, 0.2) is 0 Å². The van der Waals surface area contributed by atoms with Crippen molar-refractivity contribution in [3.8, 4) is 0 Å². The van der Waals surface area contributed by atoms with E-state index in [-0.39, 0.29) is 5.91 Å². The van der Waals surface area contributed by atoms with Gasteiger partial charge in [-0.05, 0) is 43.6 Å². The third-order valence-electron chi connectivity index (χ3n) is 4.57. The first-order valence-corrected chi connectivity index (χ1v) is 7.05. The van der Waals surface area contributed by atoms with Crippen molar-refractivity contribution < 1.29 is 4.79 Å². The number of nitrogens with one attached hydrogen (secondary N) is 1. The molecule has 1 N–H and O–H groups in total. The number of rotatable bonds is 3. The first-order valence-electron chi connectivity index (χ1n) is 7.05. The van der Waals surface area contributed by atoms with Gasteiger partial charge in [0.25, 0.3) is 0 Å². The Hall–Kier alpha value is -1.31. The fourth-order valence-corrected chi connectivity index (χ4v) is 3.57. The van der Waals surface area contributed by atoms with Crippen LogP contribution in [-0.2, 0) is 11.2 Å². The van der Waals surface area contributed by atoms with Crippen LogP contribution in [0.3, 0.4) is 0 Å². The minimum absolute atomic E-state index is 0.191. The van der Waals surface area contributed by atoms with Crippen molar-refractivity contribution in [2.75, 3.05) is 0 Å². The summed E-state index contributed by atoms with van der Waals surface area (Å²) in [5.74, 6) is 1.84. The summed E-state index contributed by atoms with van der Waals surface area (Å²) in [7, 11) is 0. The molecule has 2 nitrogen and oxygen atoms in total. The molecule has 2 aliphatic rings. The highest BCUT2D eigenvalue weighted by atomic mass is 16.1. The predicted octanol–water partition coefficient (Wildman–Crippen LogP) is 2.84. The molecule has 0 aromatic heterocycles. The molecule has 3 atom stereocenters. The van der Waals surface area contributed by atoms with Gasteiger partial charge in [-0.1, -0.05) is 36.2 Å². The van der Waals surface area contributed by atoms with Crippen LogP contribution in [0.2, 0.25) is 0 Å². The van der Waals surface area contributed by atoms with E-state index in [0.29, 0.717) is 12.5 Å². The van der Waals surface area contributed by atoms with Gasteiger partial charge in [0, 0.05) is 6.04 Å². The van der Waals surface area contributed by atoms with Crippen molar-refractivity contribution in [1.82, 2.24) is 5.32 Å². The van der Waals surface area contributed by atoms with Gasteiger partial charge >= 0.3 is 0 Å². The molecule has 2 aliphatic carbocycles. The molecule has 96 valence electrons. The maximum Gasteiger partial charge on any atom is 0.224 e. The van der Waals surface area contributed by atoms with Gasteiger partial charge in [0.1, 0.15) is 0 Å². The average molecular weight is 243 g/mol. The van der Waals surface area contributed by atoms with Crippen molar-refractivity contribution >= 4 is 5.91 Å². The zero-order chi connectivity index (χ0) is 12.5. The Morgan fingerprint density at radius 1 is 1.22 bits per heavy atom. The van der Waals surface area contributed by atoms with Crippen LogP contribution in [-0.4, -0.2) is 11.9 Å². The molecule has 2 heteroatoms. The van der Waals surface area contributed by atoms with Gasteiger partial charge in [0.2, 0.25) is 5.91 Å². The second kappa shape index (κ2) is 4.75. The molecule has 0 saturated heterocycles. The third kappa shape index (κ3) is 2.43. The molecular formula is C16H21NO. The van der Waals surface area contributed by atoms with Crippen LogP contribution < -0.4 is 5.32 Å². The van der Waals surface area contributed by atoms with E-state index in [9.17, 15) is 4.79 Å². The molecule has 0 radical (unpaired) electrons. The Labute approximate surface area is 109 Å². The Morgan fingerprint density at radius 2 is 2.00 bits per heavy atom. The summed E-state index contributed by atoms with van der Waals surface area (Å²) in [4.78, 5) is 12.0. The lowest BCUT2D eigenvalue weighted by molar-refractivity contribution is -0.121. The standard InChI is InChI=1S/C16H21NO/c1-11-2-4-12(5-3-11)10-16(18)17-15-9-13-6-7-14(15)8-13/h2-5,13-15H,6-10H2,1H3,(H,17,18)/t13-,14-,15+/m1/s1. The van der Waals surface area contributed by atoms with E-state index in [2.05, 4.69) is 36.5 Å². The fourth-order valence-electron chi connectivity index (χ4n) is 3.57. The van der Waals surface area contributed by atoms with E-state index in [1.165, 1.54) is 31.2 Å². The average Bonchev–Trinajstić information content (AvgIpc) is 2.94. The quantitative estimate of drug-likeness (QED) is 0.869. The van der Waals surface area contributed by atoms with Gasteiger partial charge < -0.3 is 5.32 Å². The van der Waals surface area contributed by atoms with Crippen molar-refractivity contribution in [2.45, 2.75) is 45.1 Å². The topological polar surface area (TPSA) is 29.1 Å². The number of fused-ring (bicyclic) bond motifs is 2. The van der Waals surface area contributed by atoms with Crippen molar-refractivity contribution in [1.29, 1.82) is 0 Å². The minimum Gasteiger partial charge on any atom is -0.353 e. The lowest BCUT2D eigenvalue weighted by Crippen LogP contribution is -2.39. The van der Waals surface area contributed by atoms with Crippen molar-refractivity contribution in [3.05, 3.63) is 35.4 Å². The number of benzene rings is 1. The molecule has 0 spiro atoms. The van der Waals surface area contributed by atoms with E-state index in [1.54, 1.807) is 0 Å². The fraction of sp³-hybridized carbons (Fsp3) is 0.562. The summed E-state index contributed by atoms with van der Waals surface area (Å²) in [5, 5.41) is 3.23. The van der Waals surface area contributed by atoms with Gasteiger partial charge in [-0.25, -0.2) is 0 Å². The molecule has 2 bridgehead atoms. The molecule has 3 rings (SSSR count). The highest BCUT2D eigenvalue weighted by Crippen LogP contribution is 2.44. The highest BCUT2D eigenvalue weighted by Gasteiger charge is 2.39. The van der Waals surface area contributed by atoms with Crippen molar-refractivity contribution in [3.63, 3.8) is 0 Å². The number of carbonyl (C=O) groups is 1. The zero-order valence-electron chi connectivity index (χ0n) is 11.0. The van der Waals surface area contributed by atoms with Crippen LogP contribution in [0.25, 0.3) is 0 Å². The third-order valence-corrected chi connectivity index (χ3v) is 4.57. The molecule has 1 aromatic rings. The maximum absolute atomic E-state index is 12.0. The summed E-state index contributed by atoms with van der Waals surface area (Å²) in [5.41, 5.74) is 2.36. The molecule has 0 aliphatic heterocycles. The monoisotopic (exact) mass is 243 g/mol. The first-order chi connectivity index (χ1) is 8.70. The zero-order valence-corrected chi connectivity index (χ0v) is 11.0. The summed E-state index contributed by atoms with van der Waals surface area (Å²) in [6.45, 7) is 2.07. The van der Waals surface area contributed by atoms with Crippen LogP contribution in [0, 0.1) is 18.8 Å². The molecule has 1 amide bonds. The molecule has 0 unspecified atom stereocenters. The van der Waals surface area contributed by atoms with Crippen LogP contribution in [0.15, 0.2) is 24.3 Å². The molecule has 18 heavy (non-hydrogen) atoms. The van der Waals surface area contributed by atoms with Crippen LogP contribution in [0.1, 0.15) is 36.8 Å². The largest absolute Gasteiger partial charge is 0.353 e. The number of hydrogen-bond donors (Lipinski definition) is 1. The molecule has 1 aromatic carbocycles. The second-order valence-corrected chi connectivity index (χ2v) is 6.01. The molecule has 2 fully saturated rings. The van der Waals surface area contributed by atoms with E-state index in [0.717, 1.165) is 17.4 Å². The number of aryl methyl sites for hydroxylation is 1. The minimum atomic E-state index is 0.191. The number of carbonyl (C=O) groups excluding carboxylic acids is 1. The van der Waals surface area contributed by atoms with Gasteiger partial charge in [0.05, 0.1) is 6.42 Å².